The van der Waals surface area contributed by atoms with Gasteiger partial charge in [-0.1, -0.05) is 24.3 Å². The summed E-state index contributed by atoms with van der Waals surface area (Å²) in [7, 11) is 0. The van der Waals surface area contributed by atoms with E-state index in [1.54, 1.807) is 0 Å². The molecule has 0 spiro atoms. The summed E-state index contributed by atoms with van der Waals surface area (Å²) < 4.78 is 5.23. The maximum absolute atomic E-state index is 13.0. The Kier molecular flexibility index (Phi) is 5.89. The number of fused-ring (bicyclic) bond motifs is 2. The van der Waals surface area contributed by atoms with Crippen LogP contribution in [0.2, 0.25) is 0 Å². The molecule has 0 saturated carbocycles. The van der Waals surface area contributed by atoms with Gasteiger partial charge in [0, 0.05) is 29.8 Å². The lowest BCUT2D eigenvalue weighted by Crippen LogP contribution is -2.29. The molecule has 6 rings (SSSR count). The van der Waals surface area contributed by atoms with E-state index in [1.807, 2.05) is 43.5 Å². The van der Waals surface area contributed by atoms with Crippen LogP contribution in [-0.4, -0.2) is 41.3 Å². The van der Waals surface area contributed by atoms with Gasteiger partial charge >= 0.3 is 0 Å². The molecule has 5 aromatic rings. The number of nitrogens with zero attached hydrogens (tertiary/aromatic N) is 5. The molecule has 2 aromatic carbocycles. The highest BCUT2D eigenvalue weighted by atomic mass is 32.1. The molecule has 3 heterocycles. The van der Waals surface area contributed by atoms with E-state index in [2.05, 4.69) is 46.2 Å². The molecule has 11 heteroatoms. The molecule has 1 aliphatic carbocycles. The van der Waals surface area contributed by atoms with Crippen LogP contribution < -0.4 is 10.6 Å². The minimum Gasteiger partial charge on any atom is -0.347 e. The first-order valence-corrected chi connectivity index (χ1v) is 12.6. The normalized spacial score (nSPS) is 14.5. The average molecular weight is 511 g/mol. The number of aryl methyl sites for hydroxylation is 2. The topological polar surface area (TPSA) is 138 Å². The molecule has 2 amide bonds. The number of benzene rings is 2. The largest absolute Gasteiger partial charge is 0.347 e. The number of amides is 2. The Hall–Kier alpha value is -4.51. The number of H-pyrrole nitrogens is 1. The Morgan fingerprint density at radius 1 is 1.08 bits per heavy atom. The molecular formula is C26H22N8O2S. The van der Waals surface area contributed by atoms with Gasteiger partial charge in [-0.25, -0.2) is 15.0 Å². The van der Waals surface area contributed by atoms with E-state index < -0.39 is 0 Å². The van der Waals surface area contributed by atoms with Gasteiger partial charge in [-0.05, 0) is 60.1 Å². The maximum Gasteiger partial charge on any atom is 0.270 e. The second-order valence-electron chi connectivity index (χ2n) is 8.89. The Morgan fingerprint density at radius 3 is 2.78 bits per heavy atom. The van der Waals surface area contributed by atoms with E-state index in [0.29, 0.717) is 12.4 Å². The fraction of sp³-hybridized carbons (Fsp3) is 0.192. The SMILES string of the molecule is Cc1nc(-c2ccc3c(c2)CC[C@@H]3NC(=O)c2cc(C(=O)NCc3ccc4cnsc4c3)ncn2)n[nH]1. The van der Waals surface area contributed by atoms with E-state index in [-0.39, 0.29) is 29.2 Å². The van der Waals surface area contributed by atoms with E-state index in [9.17, 15) is 9.59 Å². The second-order valence-corrected chi connectivity index (χ2v) is 9.73. The molecule has 1 atom stereocenters. The molecule has 0 aliphatic heterocycles. The molecule has 0 unspecified atom stereocenters. The van der Waals surface area contributed by atoms with Crippen LogP contribution in [0.5, 0.6) is 0 Å². The third-order valence-corrected chi connectivity index (χ3v) is 7.15. The Balaban J connectivity index is 1.11. The minimum atomic E-state index is -0.373. The zero-order chi connectivity index (χ0) is 25.4. The van der Waals surface area contributed by atoms with Crippen molar-refractivity contribution in [1.82, 2.24) is 40.2 Å². The molecule has 0 fully saturated rings. The quantitative estimate of drug-likeness (QED) is 0.318. The van der Waals surface area contributed by atoms with E-state index in [4.69, 9.17) is 0 Å². The first-order chi connectivity index (χ1) is 18.0. The number of hydrogen-bond donors (Lipinski definition) is 3. The molecule has 0 saturated heterocycles. The van der Waals surface area contributed by atoms with Crippen molar-refractivity contribution < 1.29 is 9.59 Å². The standard InChI is InChI=1S/C26H22N8O2S/c1-14-31-24(34-33-14)17-4-6-19-16(9-17)5-7-20(19)32-26(36)22-10-21(28-13-29-22)25(35)27-11-15-2-3-18-12-30-37-23(18)8-15/h2-4,6,8-10,12-13,20H,5,7,11H2,1H3,(H,27,35)(H,32,36)(H,31,33,34)/t20-/m0/s1. The molecule has 3 aromatic heterocycles. The molecule has 10 nitrogen and oxygen atoms in total. The average Bonchev–Trinajstić information content (AvgIpc) is 3.67. The summed E-state index contributed by atoms with van der Waals surface area (Å²) >= 11 is 1.41. The fourth-order valence-electron chi connectivity index (χ4n) is 4.50. The number of hydrogen-bond acceptors (Lipinski definition) is 8. The van der Waals surface area contributed by atoms with E-state index in [0.717, 1.165) is 51.0 Å². The minimum absolute atomic E-state index is 0.136. The van der Waals surface area contributed by atoms with Crippen LogP contribution in [0.25, 0.3) is 21.5 Å². The van der Waals surface area contributed by atoms with Crippen molar-refractivity contribution in [3.05, 3.63) is 88.9 Å². The summed E-state index contributed by atoms with van der Waals surface area (Å²) in [6.07, 6.45) is 4.67. The van der Waals surface area contributed by atoms with Gasteiger partial charge in [0.25, 0.3) is 11.8 Å². The zero-order valence-electron chi connectivity index (χ0n) is 19.9. The Bertz CT molecular complexity index is 1640. The smallest absolute Gasteiger partial charge is 0.270 e. The van der Waals surface area contributed by atoms with E-state index >= 15 is 0 Å². The van der Waals surface area contributed by atoms with Gasteiger partial charge in [0.05, 0.1) is 10.7 Å². The van der Waals surface area contributed by atoms with Gasteiger partial charge in [-0.15, -0.1) is 0 Å². The number of aromatic nitrogens is 6. The van der Waals surface area contributed by atoms with E-state index in [1.165, 1.54) is 23.9 Å². The molecule has 0 radical (unpaired) electrons. The van der Waals surface area contributed by atoms with Crippen LogP contribution in [0.4, 0.5) is 0 Å². The molecule has 184 valence electrons. The number of nitrogens with one attached hydrogen (secondary N) is 3. The summed E-state index contributed by atoms with van der Waals surface area (Å²) in [5, 5.41) is 14.1. The van der Waals surface area contributed by atoms with Gasteiger partial charge in [-0.2, -0.15) is 9.47 Å². The van der Waals surface area contributed by atoms with Gasteiger partial charge < -0.3 is 10.6 Å². The Morgan fingerprint density at radius 2 is 1.95 bits per heavy atom. The first kappa shape index (κ1) is 22.9. The third-order valence-electron chi connectivity index (χ3n) is 6.39. The zero-order valence-corrected chi connectivity index (χ0v) is 20.7. The van der Waals surface area contributed by atoms with Crippen molar-refractivity contribution in [2.75, 3.05) is 0 Å². The fourth-order valence-corrected chi connectivity index (χ4v) is 5.21. The van der Waals surface area contributed by atoms with Crippen molar-refractivity contribution in [1.29, 1.82) is 0 Å². The lowest BCUT2D eigenvalue weighted by molar-refractivity contribution is 0.0931. The summed E-state index contributed by atoms with van der Waals surface area (Å²) in [4.78, 5) is 38.2. The number of aromatic amines is 1. The first-order valence-electron chi connectivity index (χ1n) is 11.8. The van der Waals surface area contributed by atoms with Crippen molar-refractivity contribution in [3.8, 4) is 11.4 Å². The van der Waals surface area contributed by atoms with Crippen LogP contribution in [-0.2, 0) is 13.0 Å². The van der Waals surface area contributed by atoms with Crippen molar-refractivity contribution in [2.24, 2.45) is 0 Å². The van der Waals surface area contributed by atoms with Crippen molar-refractivity contribution >= 4 is 33.4 Å². The summed E-state index contributed by atoms with van der Waals surface area (Å²) in [5.74, 6) is 0.694. The highest BCUT2D eigenvalue weighted by molar-refractivity contribution is 7.13. The van der Waals surface area contributed by atoms with Gasteiger partial charge in [0.15, 0.2) is 5.82 Å². The molecule has 0 bridgehead atoms. The Labute approximate surface area is 215 Å². The number of rotatable bonds is 6. The second kappa shape index (κ2) is 9.51. The molecule has 37 heavy (non-hydrogen) atoms. The summed E-state index contributed by atoms with van der Waals surface area (Å²) in [6.45, 7) is 2.20. The van der Waals surface area contributed by atoms with Crippen LogP contribution in [0, 0.1) is 6.92 Å². The highest BCUT2D eigenvalue weighted by Gasteiger charge is 2.26. The predicted octanol–water partition coefficient (Wildman–Crippen LogP) is 3.53. The van der Waals surface area contributed by atoms with Crippen LogP contribution >= 0.6 is 11.5 Å². The van der Waals surface area contributed by atoms with Crippen molar-refractivity contribution in [3.63, 3.8) is 0 Å². The predicted molar refractivity (Wildman–Crippen MR) is 138 cm³/mol. The van der Waals surface area contributed by atoms with Crippen LogP contribution in [0.15, 0.2) is 55.0 Å². The summed E-state index contributed by atoms with van der Waals surface area (Å²) in [5.41, 5.74) is 4.40. The maximum atomic E-state index is 13.0. The summed E-state index contributed by atoms with van der Waals surface area (Å²) in [6, 6.07) is 13.3. The molecule has 1 aliphatic rings. The number of carbonyl (C=O) groups excluding carboxylic acids is 2. The number of carbonyl (C=O) groups is 2. The molecule has 3 N–H and O–H groups in total. The third kappa shape index (κ3) is 4.68. The van der Waals surface area contributed by atoms with Gasteiger partial charge in [-0.3, -0.25) is 14.7 Å². The highest BCUT2D eigenvalue weighted by Crippen LogP contribution is 2.33. The van der Waals surface area contributed by atoms with Crippen molar-refractivity contribution in [2.45, 2.75) is 32.4 Å². The lowest BCUT2D eigenvalue weighted by atomic mass is 10.0. The molecular weight excluding hydrogens is 488 g/mol. The lowest BCUT2D eigenvalue weighted by Gasteiger charge is -2.14. The monoisotopic (exact) mass is 510 g/mol. The van der Waals surface area contributed by atoms with Gasteiger partial charge in [0.2, 0.25) is 0 Å². The van der Waals surface area contributed by atoms with Gasteiger partial charge in [0.1, 0.15) is 23.5 Å². The van der Waals surface area contributed by atoms with Crippen LogP contribution in [0.1, 0.15) is 56.0 Å². The van der Waals surface area contributed by atoms with Crippen LogP contribution in [0.3, 0.4) is 0 Å².